The van der Waals surface area contributed by atoms with Crippen LogP contribution in [0.2, 0.25) is 0 Å². The summed E-state index contributed by atoms with van der Waals surface area (Å²) in [5.74, 6) is -0.839. The highest BCUT2D eigenvalue weighted by Gasteiger charge is 2.56. The molecule has 1 aromatic carbocycles. The van der Waals surface area contributed by atoms with Crippen molar-refractivity contribution >= 4 is 23.6 Å². The summed E-state index contributed by atoms with van der Waals surface area (Å²) in [4.78, 5) is 56.9. The molecule has 4 rings (SSSR count). The fourth-order valence-corrected chi connectivity index (χ4v) is 6.45. The van der Waals surface area contributed by atoms with Crippen LogP contribution in [0.15, 0.2) is 24.3 Å². The van der Waals surface area contributed by atoms with E-state index < -0.39 is 23.8 Å². The quantitative estimate of drug-likeness (QED) is 0.541. The van der Waals surface area contributed by atoms with Gasteiger partial charge in [0, 0.05) is 13.5 Å². The molecule has 0 saturated carbocycles. The Bertz CT molecular complexity index is 1050. The number of hydrogen-bond acceptors (Lipinski definition) is 5. The Labute approximate surface area is 219 Å². The van der Waals surface area contributed by atoms with Crippen molar-refractivity contribution in [1.82, 2.24) is 25.8 Å². The van der Waals surface area contributed by atoms with Crippen molar-refractivity contribution in [3.05, 3.63) is 35.4 Å². The van der Waals surface area contributed by atoms with Crippen LogP contribution in [0.5, 0.6) is 0 Å². The smallest absolute Gasteiger partial charge is 0.247 e. The molecule has 3 aliphatic rings. The summed E-state index contributed by atoms with van der Waals surface area (Å²) in [6.45, 7) is 5.71. The lowest BCUT2D eigenvalue weighted by Gasteiger charge is -2.50. The van der Waals surface area contributed by atoms with Gasteiger partial charge < -0.3 is 25.8 Å². The summed E-state index contributed by atoms with van der Waals surface area (Å²) in [6, 6.07) is 6.19. The van der Waals surface area contributed by atoms with Crippen molar-refractivity contribution in [2.24, 2.45) is 0 Å². The Morgan fingerprint density at radius 1 is 1.08 bits per heavy atom. The molecule has 9 nitrogen and oxygen atoms in total. The van der Waals surface area contributed by atoms with Crippen molar-refractivity contribution in [1.29, 1.82) is 0 Å². The van der Waals surface area contributed by atoms with Gasteiger partial charge in [-0.1, -0.05) is 31.2 Å². The Hall–Kier alpha value is -2.94. The molecular weight excluding hydrogens is 470 g/mol. The third-order valence-electron chi connectivity index (χ3n) is 8.57. The van der Waals surface area contributed by atoms with E-state index in [4.69, 9.17) is 0 Å². The Morgan fingerprint density at radius 2 is 1.81 bits per heavy atom. The predicted molar refractivity (Wildman–Crippen MR) is 140 cm³/mol. The molecule has 0 aromatic heterocycles. The lowest BCUT2D eigenvalue weighted by atomic mass is 9.87. The minimum absolute atomic E-state index is 0.102. The van der Waals surface area contributed by atoms with Gasteiger partial charge in [0.2, 0.25) is 23.6 Å². The van der Waals surface area contributed by atoms with E-state index >= 15 is 0 Å². The van der Waals surface area contributed by atoms with E-state index in [-0.39, 0.29) is 29.7 Å². The van der Waals surface area contributed by atoms with Gasteiger partial charge in [0.25, 0.3) is 0 Å². The molecule has 0 bridgehead atoms. The fourth-order valence-electron chi connectivity index (χ4n) is 6.45. The second kappa shape index (κ2) is 11.2. The molecule has 0 spiro atoms. The molecule has 5 atom stereocenters. The largest absolute Gasteiger partial charge is 0.347 e. The zero-order valence-electron chi connectivity index (χ0n) is 22.5. The first-order chi connectivity index (χ1) is 17.7. The minimum atomic E-state index is -0.882. The van der Waals surface area contributed by atoms with Crippen molar-refractivity contribution in [2.45, 2.75) is 102 Å². The van der Waals surface area contributed by atoms with Crippen LogP contribution in [0, 0.1) is 0 Å². The molecular formula is C28H41N5O4. The average molecular weight is 512 g/mol. The summed E-state index contributed by atoms with van der Waals surface area (Å²) in [6.07, 6.45) is 5.35. The maximum absolute atomic E-state index is 14.1. The van der Waals surface area contributed by atoms with Gasteiger partial charge in [-0.25, -0.2) is 0 Å². The summed E-state index contributed by atoms with van der Waals surface area (Å²) < 4.78 is 0. The maximum atomic E-state index is 14.1. The molecule has 1 aliphatic carbocycles. The van der Waals surface area contributed by atoms with Gasteiger partial charge in [-0.15, -0.1) is 0 Å². The first kappa shape index (κ1) is 27.1. The number of amides is 4. The normalized spacial score (nSPS) is 28.4. The highest BCUT2D eigenvalue weighted by molar-refractivity contribution is 5.94. The molecule has 3 N–H and O–H groups in total. The number of likely N-dealkylation sites (N-methyl/N-ethyl adjacent to an activating group) is 1. The van der Waals surface area contributed by atoms with Gasteiger partial charge in [-0.05, 0) is 76.5 Å². The van der Waals surface area contributed by atoms with Crippen LogP contribution >= 0.6 is 0 Å². The number of aryl methyl sites for hydroxylation is 1. The second-order valence-corrected chi connectivity index (χ2v) is 10.6. The van der Waals surface area contributed by atoms with Gasteiger partial charge in [0.05, 0.1) is 12.1 Å². The van der Waals surface area contributed by atoms with E-state index in [1.54, 1.807) is 23.8 Å². The van der Waals surface area contributed by atoms with Gasteiger partial charge >= 0.3 is 0 Å². The fraction of sp³-hybridized carbons (Fsp3) is 0.643. The molecule has 0 radical (unpaired) electrons. The van der Waals surface area contributed by atoms with Gasteiger partial charge in [-0.3, -0.25) is 19.2 Å². The van der Waals surface area contributed by atoms with Crippen LogP contribution < -0.4 is 16.0 Å². The number of benzene rings is 1. The summed E-state index contributed by atoms with van der Waals surface area (Å²) in [5, 5.41) is 9.06. The molecule has 37 heavy (non-hydrogen) atoms. The maximum Gasteiger partial charge on any atom is 0.247 e. The third kappa shape index (κ3) is 5.10. The molecule has 4 amide bonds. The number of rotatable bonds is 6. The van der Waals surface area contributed by atoms with Crippen molar-refractivity contribution < 1.29 is 19.2 Å². The number of carbonyl (C=O) groups excluding carboxylic acids is 4. The Kier molecular flexibility index (Phi) is 8.21. The van der Waals surface area contributed by atoms with E-state index in [2.05, 4.69) is 28.1 Å². The number of nitrogens with zero attached hydrogens (tertiary/aromatic N) is 2. The lowest BCUT2D eigenvalue weighted by molar-refractivity contribution is -0.164. The highest BCUT2D eigenvalue weighted by Crippen LogP contribution is 2.42. The molecule has 2 heterocycles. The molecule has 2 saturated heterocycles. The SMILES string of the molecule is CCC12CCC(C(=O)N[C@@H]3CCCc4ccccc43)N1C(=O)[C@@H](NC(=O)[C@H](C)NC)CCCN2C(C)=O. The first-order valence-corrected chi connectivity index (χ1v) is 13.7. The molecule has 2 aliphatic heterocycles. The van der Waals surface area contributed by atoms with E-state index in [0.29, 0.717) is 38.6 Å². The summed E-state index contributed by atoms with van der Waals surface area (Å²) in [7, 11) is 1.70. The van der Waals surface area contributed by atoms with Crippen LogP contribution in [0.1, 0.15) is 82.9 Å². The standard InChI is InChI=1S/C28H41N5O4/c1-5-28-16-15-24(26(36)30-22-13-8-11-20-10-6-7-12-21(20)22)33(28)27(37)23(31-25(35)18(2)29-4)14-9-17-32(28)19(3)34/h6-7,10,12,18,22-24,29H,5,8-9,11,13-17H2,1-4H3,(H,30,36)(H,31,35)/t18-,22+,23-,24?,28?/m0/s1. The Morgan fingerprint density at radius 3 is 2.51 bits per heavy atom. The van der Waals surface area contributed by atoms with Gasteiger partial charge in [0.15, 0.2) is 0 Å². The number of carbonyl (C=O) groups is 4. The molecule has 1 aromatic rings. The van der Waals surface area contributed by atoms with Crippen LogP contribution in [0.4, 0.5) is 0 Å². The molecule has 202 valence electrons. The van der Waals surface area contributed by atoms with Crippen molar-refractivity contribution in [3.63, 3.8) is 0 Å². The minimum Gasteiger partial charge on any atom is -0.347 e. The van der Waals surface area contributed by atoms with Crippen LogP contribution in [0.25, 0.3) is 0 Å². The first-order valence-electron chi connectivity index (χ1n) is 13.7. The zero-order chi connectivity index (χ0) is 26.7. The number of nitrogens with one attached hydrogen (secondary N) is 3. The van der Waals surface area contributed by atoms with E-state index in [9.17, 15) is 19.2 Å². The molecule has 9 heteroatoms. The van der Waals surface area contributed by atoms with Crippen LogP contribution in [-0.2, 0) is 25.6 Å². The van der Waals surface area contributed by atoms with E-state index in [1.807, 2.05) is 19.1 Å². The molecule has 2 fully saturated rings. The topological polar surface area (TPSA) is 111 Å². The number of fused-ring (bicyclic) bond motifs is 2. The molecule has 2 unspecified atom stereocenters. The second-order valence-electron chi connectivity index (χ2n) is 10.6. The highest BCUT2D eigenvalue weighted by atomic mass is 16.2. The number of hydrogen-bond donors (Lipinski definition) is 3. The van der Waals surface area contributed by atoms with Gasteiger partial charge in [-0.2, -0.15) is 0 Å². The van der Waals surface area contributed by atoms with Gasteiger partial charge in [0.1, 0.15) is 17.7 Å². The average Bonchev–Trinajstić information content (AvgIpc) is 3.28. The van der Waals surface area contributed by atoms with Crippen LogP contribution in [-0.4, -0.2) is 70.8 Å². The predicted octanol–water partition coefficient (Wildman–Crippen LogP) is 2.01. The lowest BCUT2D eigenvalue weighted by Crippen LogP contribution is -2.68. The zero-order valence-corrected chi connectivity index (χ0v) is 22.5. The van der Waals surface area contributed by atoms with E-state index in [1.165, 1.54) is 12.5 Å². The van der Waals surface area contributed by atoms with Crippen LogP contribution in [0.3, 0.4) is 0 Å². The monoisotopic (exact) mass is 511 g/mol. The summed E-state index contributed by atoms with van der Waals surface area (Å²) in [5.41, 5.74) is 1.50. The van der Waals surface area contributed by atoms with E-state index in [0.717, 1.165) is 24.8 Å². The Balaban J connectivity index is 1.65. The van der Waals surface area contributed by atoms with Crippen molar-refractivity contribution in [3.8, 4) is 0 Å². The third-order valence-corrected chi connectivity index (χ3v) is 8.57. The summed E-state index contributed by atoms with van der Waals surface area (Å²) >= 11 is 0. The van der Waals surface area contributed by atoms with Crippen molar-refractivity contribution in [2.75, 3.05) is 13.6 Å².